The number of piperidine rings is 1. The Bertz CT molecular complexity index is 1000. The van der Waals surface area contributed by atoms with E-state index in [2.05, 4.69) is 5.32 Å². The fourth-order valence-corrected chi connectivity index (χ4v) is 5.61. The summed E-state index contributed by atoms with van der Waals surface area (Å²) in [5.41, 5.74) is 1.71. The van der Waals surface area contributed by atoms with E-state index in [1.54, 1.807) is 41.2 Å². The molecule has 0 bridgehead atoms. The van der Waals surface area contributed by atoms with Crippen LogP contribution in [0.25, 0.3) is 0 Å². The van der Waals surface area contributed by atoms with Crippen molar-refractivity contribution in [1.82, 2.24) is 9.62 Å². The number of rotatable bonds is 8. The van der Waals surface area contributed by atoms with E-state index in [-0.39, 0.29) is 23.5 Å². The molecular formula is C23H30N2O4S2. The lowest BCUT2D eigenvalue weighted by Crippen LogP contribution is -2.35. The molecule has 31 heavy (non-hydrogen) atoms. The van der Waals surface area contributed by atoms with Gasteiger partial charge in [-0.1, -0.05) is 18.6 Å². The zero-order valence-corrected chi connectivity index (χ0v) is 19.9. The Labute approximate surface area is 189 Å². The topological polar surface area (TPSA) is 75.7 Å². The third-order valence-corrected chi connectivity index (χ3v) is 8.09. The first kappa shape index (κ1) is 23.6. The molecule has 8 heteroatoms. The third-order valence-electron chi connectivity index (χ3n) is 5.45. The van der Waals surface area contributed by atoms with Crippen molar-refractivity contribution >= 4 is 27.7 Å². The fraction of sp³-hybridized carbons (Fsp3) is 0.435. The molecule has 1 aliphatic heterocycles. The number of nitrogens with zero attached hydrogens (tertiary/aromatic N) is 1. The van der Waals surface area contributed by atoms with E-state index in [9.17, 15) is 13.2 Å². The Balaban J connectivity index is 1.58. The molecule has 2 aromatic carbocycles. The number of carbonyl (C=O) groups excluding carboxylic acids is 1. The molecule has 1 heterocycles. The highest BCUT2D eigenvalue weighted by molar-refractivity contribution is 7.98. The summed E-state index contributed by atoms with van der Waals surface area (Å²) in [5.74, 6) is 0.274. The summed E-state index contributed by atoms with van der Waals surface area (Å²) in [6, 6.07) is 12.7. The van der Waals surface area contributed by atoms with Gasteiger partial charge in [0.05, 0.1) is 10.9 Å². The van der Waals surface area contributed by atoms with Gasteiger partial charge in [0.15, 0.2) is 6.61 Å². The Hall–Kier alpha value is -2.03. The number of aryl methyl sites for hydroxylation is 1. The van der Waals surface area contributed by atoms with E-state index in [0.717, 1.165) is 24.8 Å². The van der Waals surface area contributed by atoms with Crippen molar-refractivity contribution in [2.45, 2.75) is 48.9 Å². The number of benzene rings is 2. The normalized spacial score (nSPS) is 16.0. The predicted octanol–water partition coefficient (Wildman–Crippen LogP) is 4.15. The molecule has 0 saturated carbocycles. The molecule has 3 rings (SSSR count). The average Bonchev–Trinajstić information content (AvgIpc) is 2.78. The third kappa shape index (κ3) is 6.02. The van der Waals surface area contributed by atoms with Crippen LogP contribution in [0, 0.1) is 6.92 Å². The maximum Gasteiger partial charge on any atom is 0.258 e. The van der Waals surface area contributed by atoms with Gasteiger partial charge < -0.3 is 10.1 Å². The van der Waals surface area contributed by atoms with E-state index in [0.29, 0.717) is 24.4 Å². The molecule has 0 radical (unpaired) electrons. The first-order valence-electron chi connectivity index (χ1n) is 10.5. The van der Waals surface area contributed by atoms with Crippen molar-refractivity contribution in [2.75, 3.05) is 26.0 Å². The van der Waals surface area contributed by atoms with Crippen LogP contribution in [0.4, 0.5) is 0 Å². The van der Waals surface area contributed by atoms with Crippen LogP contribution in [0.2, 0.25) is 0 Å². The van der Waals surface area contributed by atoms with Crippen LogP contribution in [0.15, 0.2) is 52.3 Å². The number of hydrogen-bond acceptors (Lipinski definition) is 5. The van der Waals surface area contributed by atoms with Crippen LogP contribution in [0.3, 0.4) is 0 Å². The molecular weight excluding hydrogens is 432 g/mol. The SMILES string of the molecule is CSc1ccc(C(C)NC(=O)COc2ccc(S(=O)(=O)N3CCCCC3)cc2C)cc1. The largest absolute Gasteiger partial charge is 0.484 e. The van der Waals surface area contributed by atoms with E-state index in [1.165, 1.54) is 4.90 Å². The summed E-state index contributed by atoms with van der Waals surface area (Å²) < 4.78 is 32.9. The van der Waals surface area contributed by atoms with Crippen LogP contribution in [0.5, 0.6) is 5.75 Å². The highest BCUT2D eigenvalue weighted by Crippen LogP contribution is 2.26. The number of nitrogens with one attached hydrogen (secondary N) is 1. The van der Waals surface area contributed by atoms with Gasteiger partial charge in [-0.15, -0.1) is 11.8 Å². The minimum atomic E-state index is -3.49. The molecule has 1 unspecified atom stereocenters. The second kappa shape index (κ2) is 10.5. The average molecular weight is 463 g/mol. The van der Waals surface area contributed by atoms with Gasteiger partial charge in [-0.3, -0.25) is 4.79 Å². The molecule has 0 spiro atoms. The van der Waals surface area contributed by atoms with Crippen molar-refractivity contribution in [3.05, 3.63) is 53.6 Å². The molecule has 6 nitrogen and oxygen atoms in total. The first-order chi connectivity index (χ1) is 14.8. The maximum atomic E-state index is 12.8. The highest BCUT2D eigenvalue weighted by Gasteiger charge is 2.26. The molecule has 0 aliphatic carbocycles. The molecule has 0 aromatic heterocycles. The minimum absolute atomic E-state index is 0.133. The van der Waals surface area contributed by atoms with Crippen LogP contribution in [0.1, 0.15) is 43.4 Å². The molecule has 1 atom stereocenters. The summed E-state index contributed by atoms with van der Waals surface area (Å²) in [5, 5.41) is 2.93. The summed E-state index contributed by atoms with van der Waals surface area (Å²) >= 11 is 1.67. The summed E-state index contributed by atoms with van der Waals surface area (Å²) in [7, 11) is -3.49. The molecule has 1 fully saturated rings. The number of amides is 1. The van der Waals surface area contributed by atoms with Crippen molar-refractivity contribution in [2.24, 2.45) is 0 Å². The van der Waals surface area contributed by atoms with Gasteiger partial charge in [-0.25, -0.2) is 8.42 Å². The Morgan fingerprint density at radius 3 is 2.42 bits per heavy atom. The summed E-state index contributed by atoms with van der Waals surface area (Å²) in [6.45, 7) is 4.72. The molecule has 1 saturated heterocycles. The zero-order chi connectivity index (χ0) is 22.4. The summed E-state index contributed by atoms with van der Waals surface area (Å²) in [6.07, 6.45) is 4.89. The number of carbonyl (C=O) groups is 1. The van der Waals surface area contributed by atoms with Crippen LogP contribution in [-0.4, -0.2) is 44.6 Å². The lowest BCUT2D eigenvalue weighted by atomic mass is 10.1. The van der Waals surface area contributed by atoms with Crippen LogP contribution in [-0.2, 0) is 14.8 Å². The van der Waals surface area contributed by atoms with Crippen molar-refractivity contribution in [3.8, 4) is 5.75 Å². The molecule has 1 aliphatic rings. The first-order valence-corrected chi connectivity index (χ1v) is 13.1. The number of ether oxygens (including phenoxy) is 1. The van der Waals surface area contributed by atoms with Gasteiger partial charge in [-0.05, 0) is 74.4 Å². The van der Waals surface area contributed by atoms with E-state index < -0.39 is 10.0 Å². The second-order valence-electron chi connectivity index (χ2n) is 7.74. The molecule has 2 aromatic rings. The number of thioether (sulfide) groups is 1. The van der Waals surface area contributed by atoms with Gasteiger partial charge in [0.1, 0.15) is 5.75 Å². The van der Waals surface area contributed by atoms with Crippen LogP contribution < -0.4 is 10.1 Å². The Morgan fingerprint density at radius 2 is 1.81 bits per heavy atom. The van der Waals surface area contributed by atoms with Gasteiger partial charge in [0, 0.05) is 18.0 Å². The quantitative estimate of drug-likeness (QED) is 0.597. The van der Waals surface area contributed by atoms with Crippen LogP contribution >= 0.6 is 11.8 Å². The van der Waals surface area contributed by atoms with Gasteiger partial charge in [-0.2, -0.15) is 4.31 Å². The van der Waals surface area contributed by atoms with E-state index in [4.69, 9.17) is 4.74 Å². The van der Waals surface area contributed by atoms with Crippen molar-refractivity contribution in [1.29, 1.82) is 0 Å². The van der Waals surface area contributed by atoms with Crippen molar-refractivity contribution < 1.29 is 17.9 Å². The Kier molecular flexibility index (Phi) is 8.02. The molecule has 168 valence electrons. The summed E-state index contributed by atoms with van der Waals surface area (Å²) in [4.78, 5) is 13.8. The zero-order valence-electron chi connectivity index (χ0n) is 18.3. The monoisotopic (exact) mass is 462 g/mol. The predicted molar refractivity (Wildman–Crippen MR) is 124 cm³/mol. The fourth-order valence-electron chi connectivity index (χ4n) is 3.60. The highest BCUT2D eigenvalue weighted by atomic mass is 32.2. The van der Waals surface area contributed by atoms with Gasteiger partial charge in [0.25, 0.3) is 5.91 Å². The van der Waals surface area contributed by atoms with E-state index >= 15 is 0 Å². The molecule has 1 N–H and O–H groups in total. The standard InChI is InChI=1S/C23H30N2O4S2/c1-17-15-21(31(27,28)25-13-5-4-6-14-25)11-12-22(17)29-16-23(26)24-18(2)19-7-9-20(30-3)10-8-19/h7-12,15,18H,4-6,13-14,16H2,1-3H3,(H,24,26). The van der Waals surface area contributed by atoms with Gasteiger partial charge >= 0.3 is 0 Å². The number of sulfonamides is 1. The smallest absolute Gasteiger partial charge is 0.258 e. The van der Waals surface area contributed by atoms with Gasteiger partial charge in [0.2, 0.25) is 10.0 Å². The second-order valence-corrected chi connectivity index (χ2v) is 10.6. The van der Waals surface area contributed by atoms with Crippen molar-refractivity contribution in [3.63, 3.8) is 0 Å². The maximum absolute atomic E-state index is 12.8. The minimum Gasteiger partial charge on any atom is -0.484 e. The number of hydrogen-bond donors (Lipinski definition) is 1. The Morgan fingerprint density at radius 1 is 1.13 bits per heavy atom. The molecule has 1 amide bonds. The lowest BCUT2D eigenvalue weighted by molar-refractivity contribution is -0.123. The van der Waals surface area contributed by atoms with E-state index in [1.807, 2.05) is 37.4 Å². The lowest BCUT2D eigenvalue weighted by Gasteiger charge is -2.26.